The topological polar surface area (TPSA) is 41.5 Å². The molecule has 0 unspecified atom stereocenters. The van der Waals surface area contributed by atoms with Crippen LogP contribution < -0.4 is 5.43 Å². The predicted octanol–water partition coefficient (Wildman–Crippen LogP) is 5.00. The standard InChI is InChI=1S/C21H23BrN2O/c1-21(2,3)16-9-7-15(8-10-16)18-12-19(18)20(25)24-23-13-14-5-4-6-17(22)11-14/h4-11,13,18-19H,12H2,1-3H3,(H,24,25)/t18-,19+/m1/s1. The van der Waals surface area contributed by atoms with Crippen molar-refractivity contribution < 1.29 is 4.79 Å². The van der Waals surface area contributed by atoms with Crippen LogP contribution in [0.3, 0.4) is 0 Å². The highest BCUT2D eigenvalue weighted by Gasteiger charge is 2.43. The van der Waals surface area contributed by atoms with Crippen LogP contribution in [0.1, 0.15) is 49.8 Å². The Morgan fingerprint density at radius 3 is 2.56 bits per heavy atom. The molecule has 0 bridgehead atoms. The fourth-order valence-corrected chi connectivity index (χ4v) is 3.34. The monoisotopic (exact) mass is 398 g/mol. The molecule has 0 aromatic heterocycles. The van der Waals surface area contributed by atoms with Crippen LogP contribution in [0.15, 0.2) is 58.1 Å². The second kappa shape index (κ2) is 7.12. The number of nitrogens with zero attached hydrogens (tertiary/aromatic N) is 1. The minimum atomic E-state index is -0.00357. The highest BCUT2D eigenvalue weighted by atomic mass is 79.9. The lowest BCUT2D eigenvalue weighted by Gasteiger charge is -2.19. The van der Waals surface area contributed by atoms with Gasteiger partial charge >= 0.3 is 0 Å². The Hall–Kier alpha value is -1.94. The van der Waals surface area contributed by atoms with Gasteiger partial charge in [-0.05, 0) is 46.6 Å². The van der Waals surface area contributed by atoms with E-state index in [-0.39, 0.29) is 17.2 Å². The van der Waals surface area contributed by atoms with E-state index in [2.05, 4.69) is 71.5 Å². The smallest absolute Gasteiger partial charge is 0.243 e. The van der Waals surface area contributed by atoms with Gasteiger partial charge in [0.05, 0.1) is 6.21 Å². The highest BCUT2D eigenvalue weighted by molar-refractivity contribution is 9.10. The SMILES string of the molecule is CC(C)(C)c1ccc([C@H]2C[C@@H]2C(=O)NN=Cc2cccc(Br)c2)cc1. The lowest BCUT2D eigenvalue weighted by molar-refractivity contribution is -0.122. The molecular formula is C21H23BrN2O. The Balaban J connectivity index is 1.55. The van der Waals surface area contributed by atoms with Crippen LogP contribution in [0.2, 0.25) is 0 Å². The molecule has 3 nitrogen and oxygen atoms in total. The molecule has 1 aliphatic carbocycles. The second-order valence-electron chi connectivity index (χ2n) is 7.61. The minimum Gasteiger partial charge on any atom is -0.273 e. The van der Waals surface area contributed by atoms with Gasteiger partial charge in [-0.3, -0.25) is 4.79 Å². The van der Waals surface area contributed by atoms with Crippen LogP contribution in [-0.2, 0) is 10.2 Å². The quantitative estimate of drug-likeness (QED) is 0.571. The summed E-state index contributed by atoms with van der Waals surface area (Å²) in [6, 6.07) is 16.4. The molecule has 1 N–H and O–H groups in total. The molecule has 2 atom stereocenters. The van der Waals surface area contributed by atoms with Crippen LogP contribution in [0, 0.1) is 5.92 Å². The molecule has 2 aromatic carbocycles. The summed E-state index contributed by atoms with van der Waals surface area (Å²) in [5, 5.41) is 4.07. The van der Waals surface area contributed by atoms with E-state index in [1.165, 1.54) is 11.1 Å². The second-order valence-corrected chi connectivity index (χ2v) is 8.53. The summed E-state index contributed by atoms with van der Waals surface area (Å²) >= 11 is 3.42. The van der Waals surface area contributed by atoms with Gasteiger partial charge in [-0.1, -0.05) is 73.1 Å². The number of carbonyl (C=O) groups is 1. The van der Waals surface area contributed by atoms with Gasteiger partial charge in [-0.25, -0.2) is 5.43 Å². The molecule has 1 saturated carbocycles. The van der Waals surface area contributed by atoms with E-state index in [0.29, 0.717) is 5.92 Å². The molecule has 0 heterocycles. The molecule has 0 spiro atoms. The van der Waals surface area contributed by atoms with Crippen molar-refractivity contribution in [3.63, 3.8) is 0 Å². The minimum absolute atomic E-state index is 0.00357. The lowest BCUT2D eigenvalue weighted by atomic mass is 9.86. The number of benzene rings is 2. The normalized spacial score (nSPS) is 19.8. The van der Waals surface area contributed by atoms with E-state index in [1.807, 2.05) is 24.3 Å². The zero-order chi connectivity index (χ0) is 18.0. The summed E-state index contributed by atoms with van der Waals surface area (Å²) in [7, 11) is 0. The summed E-state index contributed by atoms with van der Waals surface area (Å²) in [6.45, 7) is 6.62. The average molecular weight is 399 g/mol. The van der Waals surface area contributed by atoms with E-state index < -0.39 is 0 Å². The first-order valence-corrected chi connectivity index (χ1v) is 9.33. The Bertz CT molecular complexity index is 790. The number of halogens is 1. The lowest BCUT2D eigenvalue weighted by Crippen LogP contribution is -2.20. The average Bonchev–Trinajstić information content (AvgIpc) is 3.35. The molecule has 1 fully saturated rings. The van der Waals surface area contributed by atoms with Gasteiger partial charge in [0.25, 0.3) is 0 Å². The van der Waals surface area contributed by atoms with Crippen LogP contribution >= 0.6 is 15.9 Å². The molecule has 3 rings (SSSR count). The summed E-state index contributed by atoms with van der Waals surface area (Å²) in [6.07, 6.45) is 2.56. The van der Waals surface area contributed by atoms with Gasteiger partial charge in [-0.15, -0.1) is 0 Å². The van der Waals surface area contributed by atoms with Crippen molar-refractivity contribution in [2.45, 2.75) is 38.5 Å². The fourth-order valence-electron chi connectivity index (χ4n) is 2.92. The number of rotatable bonds is 4. The molecule has 25 heavy (non-hydrogen) atoms. The molecule has 0 saturated heterocycles. The van der Waals surface area contributed by atoms with Crippen molar-refractivity contribution >= 4 is 28.1 Å². The van der Waals surface area contributed by atoms with Crippen molar-refractivity contribution in [3.8, 4) is 0 Å². The van der Waals surface area contributed by atoms with Gasteiger partial charge in [0.2, 0.25) is 5.91 Å². The van der Waals surface area contributed by atoms with Crippen molar-refractivity contribution in [2.75, 3.05) is 0 Å². The first-order valence-electron chi connectivity index (χ1n) is 8.53. The van der Waals surface area contributed by atoms with Crippen molar-refractivity contribution in [2.24, 2.45) is 11.0 Å². The van der Waals surface area contributed by atoms with E-state index >= 15 is 0 Å². The van der Waals surface area contributed by atoms with Gasteiger partial charge in [0.15, 0.2) is 0 Å². The maximum Gasteiger partial charge on any atom is 0.243 e. The maximum absolute atomic E-state index is 12.2. The molecule has 2 aromatic rings. The van der Waals surface area contributed by atoms with Gasteiger partial charge in [0.1, 0.15) is 0 Å². The molecule has 1 amide bonds. The summed E-state index contributed by atoms with van der Waals surface area (Å²) in [5.74, 6) is 0.339. The Labute approximate surface area is 157 Å². The Morgan fingerprint density at radius 1 is 1.20 bits per heavy atom. The Morgan fingerprint density at radius 2 is 1.92 bits per heavy atom. The first-order chi connectivity index (χ1) is 11.8. The van der Waals surface area contributed by atoms with Crippen LogP contribution in [0.5, 0.6) is 0 Å². The summed E-state index contributed by atoms with van der Waals surface area (Å²) < 4.78 is 0.990. The van der Waals surface area contributed by atoms with Crippen LogP contribution in [-0.4, -0.2) is 12.1 Å². The van der Waals surface area contributed by atoms with Crippen molar-refractivity contribution in [3.05, 3.63) is 69.7 Å². The fraction of sp³-hybridized carbons (Fsp3) is 0.333. The third kappa shape index (κ3) is 4.57. The van der Waals surface area contributed by atoms with E-state index in [9.17, 15) is 4.79 Å². The highest BCUT2D eigenvalue weighted by Crippen LogP contribution is 2.47. The Kier molecular flexibility index (Phi) is 5.09. The molecular weight excluding hydrogens is 376 g/mol. The maximum atomic E-state index is 12.2. The number of nitrogens with one attached hydrogen (secondary N) is 1. The van der Waals surface area contributed by atoms with Gasteiger partial charge in [-0.2, -0.15) is 5.10 Å². The van der Waals surface area contributed by atoms with Crippen molar-refractivity contribution in [1.82, 2.24) is 5.43 Å². The third-order valence-electron chi connectivity index (χ3n) is 4.57. The van der Waals surface area contributed by atoms with Gasteiger partial charge in [0, 0.05) is 10.4 Å². The number of hydrogen-bond acceptors (Lipinski definition) is 2. The molecule has 4 heteroatoms. The summed E-state index contributed by atoms with van der Waals surface area (Å²) in [5.41, 5.74) is 6.32. The zero-order valence-electron chi connectivity index (χ0n) is 14.8. The molecule has 1 aliphatic rings. The number of hydrazone groups is 1. The van der Waals surface area contributed by atoms with E-state index in [0.717, 1.165) is 16.5 Å². The zero-order valence-corrected chi connectivity index (χ0v) is 16.4. The third-order valence-corrected chi connectivity index (χ3v) is 5.06. The molecule has 130 valence electrons. The first kappa shape index (κ1) is 17.9. The number of hydrogen-bond donors (Lipinski definition) is 1. The number of carbonyl (C=O) groups excluding carboxylic acids is 1. The van der Waals surface area contributed by atoms with E-state index in [4.69, 9.17) is 0 Å². The van der Waals surface area contributed by atoms with Crippen LogP contribution in [0.4, 0.5) is 0 Å². The van der Waals surface area contributed by atoms with E-state index in [1.54, 1.807) is 6.21 Å². The van der Waals surface area contributed by atoms with Crippen LogP contribution in [0.25, 0.3) is 0 Å². The molecule has 0 aliphatic heterocycles. The predicted molar refractivity (Wildman–Crippen MR) is 106 cm³/mol. The summed E-state index contributed by atoms with van der Waals surface area (Å²) in [4.78, 5) is 12.2. The molecule has 0 radical (unpaired) electrons. The van der Waals surface area contributed by atoms with Crippen molar-refractivity contribution in [1.29, 1.82) is 0 Å². The largest absolute Gasteiger partial charge is 0.273 e. The van der Waals surface area contributed by atoms with Gasteiger partial charge < -0.3 is 0 Å². The number of amides is 1.